The molecule has 4 aliphatic heterocycles. The number of benzene rings is 2. The van der Waals surface area contributed by atoms with Gasteiger partial charge in [0, 0.05) is 88.0 Å². The number of likely N-dealkylation sites (N-methyl/N-ethyl adjacent to an activating group) is 8. The van der Waals surface area contributed by atoms with Crippen molar-refractivity contribution < 1.29 is 171 Å². The van der Waals surface area contributed by atoms with Crippen LogP contribution in [0, 0.1) is 5.82 Å². The molecule has 12 N–H and O–H groups in total. The van der Waals surface area contributed by atoms with Crippen LogP contribution in [-0.2, 0) is 57.1 Å². The molecule has 2 saturated heterocycles. The number of hydrogen-bond donors (Lipinski definition) is 11. The summed E-state index contributed by atoms with van der Waals surface area (Å²) in [5, 5.41) is 39.4. The number of nitrogens with two attached hydrogens (primary N) is 1. The summed E-state index contributed by atoms with van der Waals surface area (Å²) in [5.74, 6) is -5.01. The zero-order valence-corrected chi connectivity index (χ0v) is 95.7. The molecule has 13 amide bonds. The molecule has 14 atom stereocenters. The van der Waals surface area contributed by atoms with Crippen molar-refractivity contribution in [2.75, 3.05) is 61.3 Å². The van der Waals surface area contributed by atoms with Crippen LogP contribution < -0.4 is 120 Å². The molecule has 824 valence electrons. The van der Waals surface area contributed by atoms with Gasteiger partial charge in [0.2, 0.25) is 23.6 Å². The maximum absolute atomic E-state index is 13.2. The quantitative estimate of drug-likeness (QED) is 0.0275. The minimum absolute atomic E-state index is 0. The summed E-state index contributed by atoms with van der Waals surface area (Å²) < 4.78 is 53.4. The molecule has 2 aromatic rings. The second kappa shape index (κ2) is 59.1. The minimum atomic E-state index is -1.06. The number of nitrogens with one attached hydrogen (secondary N) is 10. The number of amides is 13. The number of carbonyl (C=O) groups is 15. The molecule has 6 saturated carbocycles. The maximum atomic E-state index is 13.2. The number of halogens is 1. The van der Waals surface area contributed by atoms with E-state index in [1.165, 1.54) is 44.6 Å². The predicted octanol–water partition coefficient (Wildman–Crippen LogP) is 10.2. The molecule has 0 bridgehead atoms. The molecule has 10 aliphatic rings. The van der Waals surface area contributed by atoms with Crippen LogP contribution in [0.25, 0.3) is 0 Å². The van der Waals surface area contributed by atoms with Crippen LogP contribution >= 0.6 is 0 Å². The van der Waals surface area contributed by atoms with Crippen molar-refractivity contribution in [2.45, 2.75) is 444 Å². The van der Waals surface area contributed by atoms with Crippen molar-refractivity contribution in [3.8, 4) is 0 Å². The molecule has 0 spiro atoms. The molecule has 8 fully saturated rings. The first-order valence-electron chi connectivity index (χ1n) is 50.3. The molecule has 40 nitrogen and oxygen atoms in total. The Morgan fingerprint density at radius 3 is 0.959 bits per heavy atom. The molecule has 42 heteroatoms. The van der Waals surface area contributed by atoms with E-state index in [2.05, 4.69) is 62.8 Å². The summed E-state index contributed by atoms with van der Waals surface area (Å²) in [7, 11) is 15.6. The normalized spacial score (nSPS) is 23.5. The van der Waals surface area contributed by atoms with E-state index in [9.17, 15) is 81.4 Å². The number of piperidine rings is 2. The fourth-order valence-corrected chi connectivity index (χ4v) is 17.6. The SMILES string of the molecule is C.CC(C)(C)OC(=O)N[C@H]1CCC[C@@H]1N.CC(C)(C)OC(=O)N[C@H]1CCC[C@@H]1NC(=O)OC(C)(C)C.CC(C)(C)OC(=O)OC(=O)OC(C)(C)C.CC(C)(C)[O-].CN(C(=O)OC(C)(C)C)[C@H]1CCC[C@@H]1N(C)C(=O)OC(C)(C)C.CN[C@H]1CCC[C@@H]1N(C)c1ccc2c(c1)C(=O)N(C1CCC(=O)NC1=O)C2=O.CN[C@H]1CCC[C@@H]1NC.CN[C@H]1CCC[C@@H]1NC.O=C1CCC(N2C(=O)c3ccc(F)cc3C2=O)C(=O)N1.[K+]. The van der Waals surface area contributed by atoms with E-state index in [1.54, 1.807) is 98.3 Å². The molecule has 6 aliphatic carbocycles. The van der Waals surface area contributed by atoms with E-state index in [4.69, 9.17) is 38.9 Å². The van der Waals surface area contributed by atoms with Gasteiger partial charge in [-0.2, -0.15) is 0 Å². The Kier molecular flexibility index (Phi) is 53.9. The Hall–Kier alpha value is -8.82. The Balaban J connectivity index is 0.000000571. The summed E-state index contributed by atoms with van der Waals surface area (Å²) in [5.41, 5.74) is 2.63. The van der Waals surface area contributed by atoms with E-state index in [-0.39, 0.29) is 156 Å². The molecule has 12 rings (SSSR count). The number of imide groups is 4. The van der Waals surface area contributed by atoms with E-state index in [1.807, 2.05) is 152 Å². The number of rotatable bonds is 14. The first-order chi connectivity index (χ1) is 66.3. The van der Waals surface area contributed by atoms with Gasteiger partial charge in [-0.3, -0.25) is 58.8 Å². The second-order valence-corrected chi connectivity index (χ2v) is 45.4. The average Bonchev–Trinajstić information content (AvgIpc) is 1.63. The summed E-state index contributed by atoms with van der Waals surface area (Å²) in [6.07, 6.45) is 16.0. The molecule has 0 aromatic heterocycles. The molecular weight excluding hydrogens is 1920 g/mol. The summed E-state index contributed by atoms with van der Waals surface area (Å²) in [6.45, 7) is 42.4. The van der Waals surface area contributed by atoms with Gasteiger partial charge in [-0.15, -0.1) is 5.60 Å². The number of carbonyl (C=O) groups excluding carboxylic acids is 15. The number of hydrogen-bond acceptors (Lipinski definition) is 31. The van der Waals surface area contributed by atoms with Crippen molar-refractivity contribution in [3.63, 3.8) is 0 Å². The van der Waals surface area contributed by atoms with Crippen molar-refractivity contribution >= 4 is 95.7 Å². The largest absolute Gasteiger partial charge is 1.00 e. The third-order valence-electron chi connectivity index (χ3n) is 24.0. The zero-order chi connectivity index (χ0) is 110. The van der Waals surface area contributed by atoms with Crippen molar-refractivity contribution in [2.24, 2.45) is 5.73 Å². The van der Waals surface area contributed by atoms with Crippen LogP contribution in [0.4, 0.5) is 43.6 Å². The fourth-order valence-electron chi connectivity index (χ4n) is 17.6. The smallest absolute Gasteiger partial charge is 0.850 e. The molecular formula is C104H176FKN16O24. The Morgan fingerprint density at radius 1 is 0.370 bits per heavy atom. The first kappa shape index (κ1) is 133. The second-order valence-electron chi connectivity index (χ2n) is 45.4. The summed E-state index contributed by atoms with van der Waals surface area (Å²) in [6, 6.07) is 9.98. The van der Waals surface area contributed by atoms with Gasteiger partial charge >= 0.3 is 94.2 Å². The van der Waals surface area contributed by atoms with Crippen LogP contribution in [0.1, 0.15) is 356 Å². The molecule has 4 heterocycles. The summed E-state index contributed by atoms with van der Waals surface area (Å²) in [4.78, 5) is 185. The van der Waals surface area contributed by atoms with Gasteiger partial charge in [-0.05, 0) is 333 Å². The number of fused-ring (bicyclic) bond motifs is 2. The molecule has 146 heavy (non-hydrogen) atoms. The van der Waals surface area contributed by atoms with E-state index < -0.39 is 129 Å². The van der Waals surface area contributed by atoms with Crippen molar-refractivity contribution in [1.29, 1.82) is 0 Å². The van der Waals surface area contributed by atoms with E-state index >= 15 is 0 Å². The van der Waals surface area contributed by atoms with Crippen molar-refractivity contribution in [3.05, 3.63) is 64.5 Å². The van der Waals surface area contributed by atoms with Gasteiger partial charge in [-0.1, -0.05) is 41.0 Å². The van der Waals surface area contributed by atoms with Gasteiger partial charge < -0.3 is 106 Å². The molecule has 0 radical (unpaired) electrons. The number of anilines is 1. The maximum Gasteiger partial charge on any atom is 1.00 e. The van der Waals surface area contributed by atoms with Gasteiger partial charge in [0.1, 0.15) is 57.1 Å². The van der Waals surface area contributed by atoms with Gasteiger partial charge in [0.15, 0.2) is 0 Å². The van der Waals surface area contributed by atoms with Gasteiger partial charge in [-0.25, -0.2) is 38.0 Å². The number of nitrogens with zero attached hydrogens (tertiary/aromatic N) is 5. The third-order valence-corrected chi connectivity index (χ3v) is 24.0. The predicted molar refractivity (Wildman–Crippen MR) is 549 cm³/mol. The van der Waals surface area contributed by atoms with Crippen LogP contribution in [-0.4, -0.2) is 295 Å². The average molecular weight is 2090 g/mol. The summed E-state index contributed by atoms with van der Waals surface area (Å²) >= 11 is 0. The van der Waals surface area contributed by atoms with Gasteiger partial charge in [0.05, 0.1) is 46.4 Å². The first-order valence-corrected chi connectivity index (χ1v) is 50.3. The number of ether oxygens (including phenoxy) is 8. The third kappa shape index (κ3) is 46.7. The van der Waals surface area contributed by atoms with Crippen LogP contribution in [0.15, 0.2) is 36.4 Å². The monoisotopic (exact) mass is 2090 g/mol. The Labute approximate surface area is 908 Å². The van der Waals surface area contributed by atoms with Crippen molar-refractivity contribution in [1.82, 2.24) is 72.8 Å². The zero-order valence-electron chi connectivity index (χ0n) is 92.6. The molecule has 2 unspecified atom stereocenters. The van der Waals surface area contributed by atoms with Crippen LogP contribution in [0.5, 0.6) is 0 Å². The molecule has 2 aromatic carbocycles. The van der Waals surface area contributed by atoms with E-state index in [0.29, 0.717) is 23.2 Å². The fraction of sp³-hybridized carbons (Fsp3) is 0.740. The Bertz CT molecular complexity index is 4500. The Morgan fingerprint density at radius 2 is 0.644 bits per heavy atom. The topological polar surface area (TPSA) is 515 Å². The van der Waals surface area contributed by atoms with Crippen LogP contribution in [0.3, 0.4) is 0 Å². The standard InChI is InChI=1S/C20H24N4O4.C17H32N2O4.C15H28N2O4.C13H9FN2O4.C10H20N2O2.C10H18O5.2C7H16N2.C4H9O.CH4.K/c1-21-14-4-3-5-15(14)23(2)11-6-7-12-13(10-11)20(28)24(19(12)27)16-8-9-17(25)22-18(16)26;1-16(2,3)22-14(20)18(7)12-10-9-11-13(12)19(8)15(21)23-17(4,5)6;1-14(2,3)20-12(18)16-10-8-7-9-11(10)17-13(19)21-15(4,5)6;14-6-1-2-7-8(5-6)13(20)16(12(7)19)9-3-4-10(17)15-11(9)18;1-10(2,3)14-9(13)12-8-6-4-5-7(8)11;1-9(2,3)14-7(11)13-8(12)15-10(4,5)6;2*1-8-6-4-3-5-7(6)9-2;1-4(2,3)5;;/h6-7,10,14-16,21H,3-5,8-9H2,1-2H3,(H,22,25,26);12-13H,9-11H2,1-8H3;10-11H,7-9H2,1-6H3,(H,16,18)(H,17,19);1-2,5,9H,3-4H2,(H,15,17,18);7-8H,4-6,11H2,1-3H3,(H,12,13);1-6H3;2*6-9H,3-5H2,1-2H3;1-3H3;1H4;/q;;;;;;;;-1;;+1/t14-,15-,16?;12-,13-;10-,11-;;7-,8-;;2*6-,7-;;;/m000.0.00.../s1. The van der Waals surface area contributed by atoms with Crippen LogP contribution in [0.2, 0.25) is 0 Å². The minimum Gasteiger partial charge on any atom is -0.850 e. The van der Waals surface area contributed by atoms with E-state index in [0.717, 1.165) is 129 Å². The number of alkyl carbamates (subject to hydrolysis) is 3. The van der Waals surface area contributed by atoms with Gasteiger partial charge in [0.25, 0.3) is 23.6 Å².